The first-order chi connectivity index (χ1) is 9.97. The minimum absolute atomic E-state index is 0.0441. The van der Waals surface area contributed by atoms with Crippen molar-refractivity contribution in [2.45, 2.75) is 26.8 Å². The SMILES string of the molecule is Cc1cccc(C(=O)N2CCN(C(=O)NC(C)C)CC2)c1. The van der Waals surface area contributed by atoms with Gasteiger partial charge in [-0.15, -0.1) is 0 Å². The van der Waals surface area contributed by atoms with Gasteiger partial charge in [-0.3, -0.25) is 4.79 Å². The van der Waals surface area contributed by atoms with E-state index in [0.717, 1.165) is 11.1 Å². The predicted molar refractivity (Wildman–Crippen MR) is 82.3 cm³/mol. The zero-order valence-electron chi connectivity index (χ0n) is 12.9. The monoisotopic (exact) mass is 289 g/mol. The lowest BCUT2D eigenvalue weighted by Gasteiger charge is -2.35. The van der Waals surface area contributed by atoms with Crippen molar-refractivity contribution in [1.29, 1.82) is 0 Å². The molecule has 0 saturated carbocycles. The van der Waals surface area contributed by atoms with Crippen molar-refractivity contribution < 1.29 is 9.59 Å². The van der Waals surface area contributed by atoms with Crippen LogP contribution in [0, 0.1) is 6.92 Å². The number of nitrogens with zero attached hydrogens (tertiary/aromatic N) is 2. The normalized spacial score (nSPS) is 15.2. The number of amides is 3. The molecule has 0 spiro atoms. The van der Waals surface area contributed by atoms with Gasteiger partial charge in [-0.05, 0) is 32.9 Å². The van der Waals surface area contributed by atoms with Crippen LogP contribution < -0.4 is 5.32 Å². The Hall–Kier alpha value is -2.04. The van der Waals surface area contributed by atoms with Crippen LogP contribution in [0.1, 0.15) is 29.8 Å². The quantitative estimate of drug-likeness (QED) is 0.903. The Kier molecular flexibility index (Phi) is 4.83. The Labute approximate surface area is 125 Å². The molecule has 5 heteroatoms. The summed E-state index contributed by atoms with van der Waals surface area (Å²) in [7, 11) is 0. The third-order valence-electron chi connectivity index (χ3n) is 3.53. The van der Waals surface area contributed by atoms with Crippen LogP contribution in [-0.2, 0) is 0 Å². The van der Waals surface area contributed by atoms with Crippen molar-refractivity contribution >= 4 is 11.9 Å². The molecule has 0 radical (unpaired) electrons. The number of benzene rings is 1. The highest BCUT2D eigenvalue weighted by Gasteiger charge is 2.24. The van der Waals surface area contributed by atoms with Crippen LogP contribution in [0.3, 0.4) is 0 Å². The summed E-state index contributed by atoms with van der Waals surface area (Å²) in [6.45, 7) is 8.18. The number of carbonyl (C=O) groups excluding carboxylic acids is 2. The van der Waals surface area contributed by atoms with Gasteiger partial charge in [0.15, 0.2) is 0 Å². The van der Waals surface area contributed by atoms with Gasteiger partial charge in [0.2, 0.25) is 0 Å². The van der Waals surface area contributed by atoms with Gasteiger partial charge in [-0.2, -0.15) is 0 Å². The molecule has 1 saturated heterocycles. The maximum absolute atomic E-state index is 12.4. The highest BCUT2D eigenvalue weighted by atomic mass is 16.2. The lowest BCUT2D eigenvalue weighted by atomic mass is 10.1. The van der Waals surface area contributed by atoms with E-state index in [1.807, 2.05) is 49.9 Å². The van der Waals surface area contributed by atoms with Gasteiger partial charge in [-0.1, -0.05) is 17.7 Å². The highest BCUT2D eigenvalue weighted by Crippen LogP contribution is 2.10. The molecular formula is C16H23N3O2. The van der Waals surface area contributed by atoms with Crippen LogP contribution in [0.25, 0.3) is 0 Å². The first kappa shape index (κ1) is 15.4. The van der Waals surface area contributed by atoms with Crippen LogP contribution in [0.4, 0.5) is 4.79 Å². The molecule has 1 heterocycles. The second-order valence-electron chi connectivity index (χ2n) is 5.75. The summed E-state index contributed by atoms with van der Waals surface area (Å²) >= 11 is 0. The second-order valence-corrected chi connectivity index (χ2v) is 5.75. The fraction of sp³-hybridized carbons (Fsp3) is 0.500. The van der Waals surface area contributed by atoms with Gasteiger partial charge in [0.25, 0.3) is 5.91 Å². The topological polar surface area (TPSA) is 52.7 Å². The van der Waals surface area contributed by atoms with Crippen molar-refractivity contribution in [2.75, 3.05) is 26.2 Å². The van der Waals surface area contributed by atoms with Crippen LogP contribution >= 0.6 is 0 Å². The average molecular weight is 289 g/mol. The standard InChI is InChI=1S/C16H23N3O2/c1-12(2)17-16(21)19-9-7-18(8-10-19)15(20)14-6-4-5-13(3)11-14/h4-6,11-12H,7-10H2,1-3H3,(H,17,21). The van der Waals surface area contributed by atoms with Gasteiger partial charge in [0, 0.05) is 37.8 Å². The minimum Gasteiger partial charge on any atom is -0.336 e. The van der Waals surface area contributed by atoms with Crippen molar-refractivity contribution in [1.82, 2.24) is 15.1 Å². The first-order valence-electron chi connectivity index (χ1n) is 7.39. The number of nitrogens with one attached hydrogen (secondary N) is 1. The minimum atomic E-state index is -0.0485. The van der Waals surface area contributed by atoms with E-state index in [-0.39, 0.29) is 18.0 Å². The molecule has 3 amide bonds. The molecule has 114 valence electrons. The van der Waals surface area contributed by atoms with Crippen LogP contribution in [0.2, 0.25) is 0 Å². The Balaban J connectivity index is 1.92. The van der Waals surface area contributed by atoms with E-state index in [2.05, 4.69) is 5.32 Å². The second kappa shape index (κ2) is 6.61. The molecule has 1 aliphatic heterocycles. The van der Waals surface area contributed by atoms with E-state index in [1.54, 1.807) is 4.90 Å². The average Bonchev–Trinajstić information content (AvgIpc) is 2.46. The van der Waals surface area contributed by atoms with Gasteiger partial charge in [0.1, 0.15) is 0 Å². The summed E-state index contributed by atoms with van der Waals surface area (Å²) < 4.78 is 0. The molecule has 1 aliphatic rings. The maximum Gasteiger partial charge on any atom is 0.317 e. The largest absolute Gasteiger partial charge is 0.336 e. The number of aryl methyl sites for hydroxylation is 1. The summed E-state index contributed by atoms with van der Waals surface area (Å²) in [6, 6.07) is 7.70. The van der Waals surface area contributed by atoms with Gasteiger partial charge in [0.05, 0.1) is 0 Å². The van der Waals surface area contributed by atoms with Crippen LogP contribution in [0.5, 0.6) is 0 Å². The maximum atomic E-state index is 12.4. The molecule has 2 rings (SSSR count). The van der Waals surface area contributed by atoms with E-state index in [0.29, 0.717) is 26.2 Å². The lowest BCUT2D eigenvalue weighted by Crippen LogP contribution is -2.54. The molecule has 0 aliphatic carbocycles. The predicted octanol–water partition coefficient (Wildman–Crippen LogP) is 1.87. The van der Waals surface area contributed by atoms with Crippen molar-refractivity contribution in [3.63, 3.8) is 0 Å². The first-order valence-corrected chi connectivity index (χ1v) is 7.39. The highest BCUT2D eigenvalue weighted by molar-refractivity contribution is 5.94. The summed E-state index contributed by atoms with van der Waals surface area (Å²) in [5.41, 5.74) is 1.80. The third kappa shape index (κ3) is 3.97. The van der Waals surface area contributed by atoms with E-state index in [4.69, 9.17) is 0 Å². The smallest absolute Gasteiger partial charge is 0.317 e. The summed E-state index contributed by atoms with van der Waals surface area (Å²) in [5, 5.41) is 2.88. The molecule has 1 aromatic carbocycles. The summed E-state index contributed by atoms with van der Waals surface area (Å²) in [6.07, 6.45) is 0. The Morgan fingerprint density at radius 2 is 1.71 bits per heavy atom. The molecule has 0 unspecified atom stereocenters. The van der Waals surface area contributed by atoms with E-state index < -0.39 is 0 Å². The van der Waals surface area contributed by atoms with Crippen molar-refractivity contribution in [3.05, 3.63) is 35.4 Å². The molecule has 5 nitrogen and oxygen atoms in total. The fourth-order valence-corrected chi connectivity index (χ4v) is 2.41. The molecule has 1 aromatic rings. The van der Waals surface area contributed by atoms with E-state index in [9.17, 15) is 9.59 Å². The molecule has 0 bridgehead atoms. The van der Waals surface area contributed by atoms with Crippen LogP contribution in [0.15, 0.2) is 24.3 Å². The molecule has 1 N–H and O–H groups in total. The molecular weight excluding hydrogens is 266 g/mol. The third-order valence-corrected chi connectivity index (χ3v) is 3.53. The van der Waals surface area contributed by atoms with Crippen molar-refractivity contribution in [3.8, 4) is 0 Å². The van der Waals surface area contributed by atoms with Gasteiger partial charge in [-0.25, -0.2) is 4.79 Å². The number of hydrogen-bond acceptors (Lipinski definition) is 2. The zero-order valence-corrected chi connectivity index (χ0v) is 12.9. The Morgan fingerprint density at radius 3 is 2.29 bits per heavy atom. The van der Waals surface area contributed by atoms with E-state index in [1.165, 1.54) is 0 Å². The number of piperazine rings is 1. The summed E-state index contributed by atoms with van der Waals surface area (Å²) in [4.78, 5) is 27.9. The Bertz CT molecular complexity index is 520. The number of hydrogen-bond donors (Lipinski definition) is 1. The summed E-state index contributed by atoms with van der Waals surface area (Å²) in [5.74, 6) is 0.0441. The van der Waals surface area contributed by atoms with Crippen molar-refractivity contribution in [2.24, 2.45) is 0 Å². The van der Waals surface area contributed by atoms with Crippen LogP contribution in [-0.4, -0.2) is 54.0 Å². The number of rotatable bonds is 2. The molecule has 0 aromatic heterocycles. The fourth-order valence-electron chi connectivity index (χ4n) is 2.41. The number of carbonyl (C=O) groups is 2. The zero-order chi connectivity index (χ0) is 15.4. The Morgan fingerprint density at radius 1 is 1.10 bits per heavy atom. The lowest BCUT2D eigenvalue weighted by molar-refractivity contribution is 0.0664. The molecule has 21 heavy (non-hydrogen) atoms. The van der Waals surface area contributed by atoms with Gasteiger partial charge >= 0.3 is 6.03 Å². The number of urea groups is 1. The molecule has 1 fully saturated rings. The molecule has 0 atom stereocenters. The van der Waals surface area contributed by atoms with Gasteiger partial charge < -0.3 is 15.1 Å². The van der Waals surface area contributed by atoms with E-state index >= 15 is 0 Å².